The summed E-state index contributed by atoms with van der Waals surface area (Å²) in [7, 11) is 1.30. The van der Waals surface area contributed by atoms with Crippen molar-refractivity contribution < 1.29 is 22.4 Å². The Morgan fingerprint density at radius 1 is 1.27 bits per heavy atom. The number of benzene rings is 1. The zero-order chi connectivity index (χ0) is 19.1. The molecule has 3 rings (SSSR count). The number of aliphatic imine (C=N–C) groups is 1. The number of nitrogens with zero attached hydrogens (tertiary/aromatic N) is 3. The molecule has 0 fully saturated rings. The van der Waals surface area contributed by atoms with Crippen molar-refractivity contribution in [2.75, 3.05) is 5.32 Å². The third-order valence-electron chi connectivity index (χ3n) is 3.91. The van der Waals surface area contributed by atoms with Crippen LogP contribution >= 0.6 is 0 Å². The van der Waals surface area contributed by atoms with Gasteiger partial charge in [0.15, 0.2) is 5.69 Å². The van der Waals surface area contributed by atoms with Gasteiger partial charge < -0.3 is 5.32 Å². The maximum absolute atomic E-state index is 14.4. The van der Waals surface area contributed by atoms with Gasteiger partial charge in [-0.05, 0) is 36.8 Å². The number of aryl methyl sites for hydroxylation is 1. The van der Waals surface area contributed by atoms with Gasteiger partial charge in [0.25, 0.3) is 5.91 Å². The van der Waals surface area contributed by atoms with E-state index in [1.54, 1.807) is 13.1 Å². The molecule has 1 aromatic carbocycles. The van der Waals surface area contributed by atoms with Crippen LogP contribution in [0.1, 0.15) is 19.0 Å². The van der Waals surface area contributed by atoms with E-state index in [2.05, 4.69) is 15.4 Å². The van der Waals surface area contributed by atoms with Crippen molar-refractivity contribution >= 4 is 17.8 Å². The molecule has 0 aliphatic carbocycles. The van der Waals surface area contributed by atoms with Gasteiger partial charge in [0, 0.05) is 30.9 Å². The second-order valence-electron chi connectivity index (χ2n) is 5.83. The van der Waals surface area contributed by atoms with Gasteiger partial charge in [-0.3, -0.25) is 14.5 Å². The fourth-order valence-electron chi connectivity index (χ4n) is 2.58. The SMILES string of the molecule is CC1=C(C(=O)Nc2ccc(-c3cc(C(F)(F)F)nn3C)c(F)c2)N=CC1. The molecule has 1 N–H and O–H groups in total. The van der Waals surface area contributed by atoms with Gasteiger partial charge >= 0.3 is 6.18 Å². The first-order valence-corrected chi connectivity index (χ1v) is 7.61. The lowest BCUT2D eigenvalue weighted by molar-refractivity contribution is -0.141. The minimum Gasteiger partial charge on any atom is -0.321 e. The van der Waals surface area contributed by atoms with E-state index in [0.717, 1.165) is 22.4 Å². The van der Waals surface area contributed by atoms with Crippen LogP contribution in [-0.2, 0) is 18.0 Å². The maximum atomic E-state index is 14.4. The summed E-state index contributed by atoms with van der Waals surface area (Å²) in [6, 6.07) is 4.52. The van der Waals surface area contributed by atoms with Crippen molar-refractivity contribution in [3.8, 4) is 11.3 Å². The largest absolute Gasteiger partial charge is 0.435 e. The summed E-state index contributed by atoms with van der Waals surface area (Å²) in [5.74, 6) is -1.25. The molecule has 9 heteroatoms. The third-order valence-corrected chi connectivity index (χ3v) is 3.91. The Kier molecular flexibility index (Phi) is 4.39. The molecule has 2 aromatic rings. The number of carbonyl (C=O) groups is 1. The standard InChI is InChI=1S/C17H14F4N4O/c1-9-5-6-22-15(9)16(26)23-10-3-4-11(12(18)7-10)13-8-14(17(19,20)21)24-25(13)2/h3-4,6-8H,5H2,1-2H3,(H,23,26). The molecule has 0 bridgehead atoms. The molecule has 1 aliphatic rings. The molecule has 26 heavy (non-hydrogen) atoms. The van der Waals surface area contributed by atoms with Crippen LogP contribution < -0.4 is 5.32 Å². The Labute approximate surface area is 146 Å². The smallest absolute Gasteiger partial charge is 0.321 e. The highest BCUT2D eigenvalue weighted by Gasteiger charge is 2.35. The van der Waals surface area contributed by atoms with Crippen LogP contribution in [-0.4, -0.2) is 21.9 Å². The molecule has 0 saturated heterocycles. The molecule has 1 aliphatic heterocycles. The summed E-state index contributed by atoms with van der Waals surface area (Å²) < 4.78 is 53.6. The summed E-state index contributed by atoms with van der Waals surface area (Å²) in [6.07, 6.45) is -2.43. The number of anilines is 1. The number of allylic oxidation sites excluding steroid dienone is 1. The minimum absolute atomic E-state index is 0.0216. The Morgan fingerprint density at radius 3 is 2.54 bits per heavy atom. The number of aromatic nitrogens is 2. The molecular formula is C17H14F4N4O. The monoisotopic (exact) mass is 366 g/mol. The highest BCUT2D eigenvalue weighted by atomic mass is 19.4. The summed E-state index contributed by atoms with van der Waals surface area (Å²) in [5, 5.41) is 5.89. The Hall–Kier alpha value is -2.97. The van der Waals surface area contributed by atoms with Crippen LogP contribution in [0.2, 0.25) is 0 Å². The predicted octanol–water partition coefficient (Wildman–Crippen LogP) is 3.93. The van der Waals surface area contributed by atoms with Crippen molar-refractivity contribution in [2.45, 2.75) is 19.5 Å². The first kappa shape index (κ1) is 17.8. The molecular weight excluding hydrogens is 352 g/mol. The average molecular weight is 366 g/mol. The second kappa shape index (κ2) is 6.40. The van der Waals surface area contributed by atoms with Crippen LogP contribution in [0.3, 0.4) is 0 Å². The van der Waals surface area contributed by atoms with E-state index in [1.165, 1.54) is 19.2 Å². The lowest BCUT2D eigenvalue weighted by Crippen LogP contribution is -2.13. The van der Waals surface area contributed by atoms with E-state index in [0.29, 0.717) is 6.42 Å². The summed E-state index contributed by atoms with van der Waals surface area (Å²) >= 11 is 0. The average Bonchev–Trinajstić information content (AvgIpc) is 3.13. The Morgan fingerprint density at radius 2 is 2.00 bits per heavy atom. The zero-order valence-electron chi connectivity index (χ0n) is 13.9. The number of hydrogen-bond acceptors (Lipinski definition) is 3. The minimum atomic E-state index is -4.62. The number of alkyl halides is 3. The first-order valence-electron chi connectivity index (χ1n) is 7.61. The van der Waals surface area contributed by atoms with Gasteiger partial charge in [-0.1, -0.05) is 0 Å². The normalized spacial score (nSPS) is 14.2. The number of nitrogens with one attached hydrogen (secondary N) is 1. The molecule has 0 atom stereocenters. The number of rotatable bonds is 3. The van der Waals surface area contributed by atoms with E-state index < -0.39 is 23.6 Å². The Bertz CT molecular complexity index is 941. The van der Waals surface area contributed by atoms with Crippen LogP contribution in [0.5, 0.6) is 0 Å². The van der Waals surface area contributed by atoms with Crippen LogP contribution in [0.4, 0.5) is 23.2 Å². The highest BCUT2D eigenvalue weighted by molar-refractivity contribution is 6.06. The Balaban J connectivity index is 1.87. The molecule has 0 radical (unpaired) electrons. The molecule has 136 valence electrons. The molecule has 1 amide bonds. The molecule has 5 nitrogen and oxygen atoms in total. The van der Waals surface area contributed by atoms with Gasteiger partial charge in [-0.25, -0.2) is 4.39 Å². The van der Waals surface area contributed by atoms with Crippen molar-refractivity contribution in [2.24, 2.45) is 12.0 Å². The quantitative estimate of drug-likeness (QED) is 0.837. The van der Waals surface area contributed by atoms with Crippen molar-refractivity contribution in [1.82, 2.24) is 9.78 Å². The van der Waals surface area contributed by atoms with Crippen molar-refractivity contribution in [3.05, 3.63) is 47.0 Å². The summed E-state index contributed by atoms with van der Waals surface area (Å²) in [5.41, 5.74) is 0.0738. The van der Waals surface area contributed by atoms with Gasteiger partial charge in [0.1, 0.15) is 11.5 Å². The van der Waals surface area contributed by atoms with Crippen LogP contribution in [0, 0.1) is 5.82 Å². The first-order chi connectivity index (χ1) is 12.2. The fraction of sp³-hybridized carbons (Fsp3) is 0.235. The number of halogens is 4. The molecule has 1 aromatic heterocycles. The summed E-state index contributed by atoms with van der Waals surface area (Å²) in [6.45, 7) is 1.77. The van der Waals surface area contributed by atoms with Crippen molar-refractivity contribution in [1.29, 1.82) is 0 Å². The molecule has 0 spiro atoms. The third kappa shape index (κ3) is 3.37. The van der Waals surface area contributed by atoms with E-state index in [9.17, 15) is 22.4 Å². The van der Waals surface area contributed by atoms with E-state index in [-0.39, 0.29) is 22.6 Å². The number of hydrogen-bond donors (Lipinski definition) is 1. The van der Waals surface area contributed by atoms with Gasteiger partial charge in [-0.15, -0.1) is 0 Å². The number of carbonyl (C=O) groups excluding carboxylic acids is 1. The van der Waals surface area contributed by atoms with E-state index in [4.69, 9.17) is 0 Å². The topological polar surface area (TPSA) is 59.3 Å². The maximum Gasteiger partial charge on any atom is 0.435 e. The number of amides is 1. The van der Waals surface area contributed by atoms with Crippen molar-refractivity contribution in [3.63, 3.8) is 0 Å². The molecule has 0 unspecified atom stereocenters. The van der Waals surface area contributed by atoms with Gasteiger partial charge in [0.05, 0.1) is 5.69 Å². The zero-order valence-corrected chi connectivity index (χ0v) is 13.9. The van der Waals surface area contributed by atoms with Gasteiger partial charge in [-0.2, -0.15) is 18.3 Å². The molecule has 0 saturated carbocycles. The van der Waals surface area contributed by atoms with E-state index >= 15 is 0 Å². The summed E-state index contributed by atoms with van der Waals surface area (Å²) in [4.78, 5) is 16.1. The lowest BCUT2D eigenvalue weighted by atomic mass is 10.1. The molecule has 2 heterocycles. The second-order valence-corrected chi connectivity index (χ2v) is 5.83. The van der Waals surface area contributed by atoms with Crippen LogP contribution in [0.25, 0.3) is 11.3 Å². The fourth-order valence-corrected chi connectivity index (χ4v) is 2.58. The highest BCUT2D eigenvalue weighted by Crippen LogP contribution is 2.33. The van der Waals surface area contributed by atoms with Gasteiger partial charge in [0.2, 0.25) is 0 Å². The predicted molar refractivity (Wildman–Crippen MR) is 88.0 cm³/mol. The lowest BCUT2D eigenvalue weighted by Gasteiger charge is -2.08. The van der Waals surface area contributed by atoms with E-state index in [1.807, 2.05) is 0 Å². The van der Waals surface area contributed by atoms with Crippen LogP contribution in [0.15, 0.2) is 40.5 Å².